The van der Waals surface area contributed by atoms with Crippen LogP contribution >= 0.6 is 7.92 Å². The second kappa shape index (κ2) is 18.4. The topological polar surface area (TPSA) is 0 Å². The first-order valence-corrected chi connectivity index (χ1v) is 25.1. The Morgan fingerprint density at radius 3 is 2.20 bits per heavy atom. The Balaban J connectivity index is 1.14. The molecule has 4 aliphatic carbocycles. The molecule has 0 fully saturated rings. The van der Waals surface area contributed by atoms with Gasteiger partial charge in [-0.25, -0.2) is 0 Å². The third-order valence-electron chi connectivity index (χ3n) is 14.3. The van der Waals surface area contributed by atoms with Crippen LogP contribution in [0.2, 0.25) is 0 Å². The maximum atomic E-state index is 4.26. The molecule has 0 aromatic heterocycles. The number of fused-ring (bicyclic) bond motifs is 3. The summed E-state index contributed by atoms with van der Waals surface area (Å²) >= 11 is 0. The van der Waals surface area contributed by atoms with Crippen molar-refractivity contribution in [2.75, 3.05) is 0 Å². The Hall–Kier alpha value is -5.81. The normalized spacial score (nSPS) is 22.1. The molecular formula is C63H63P. The molecule has 0 saturated heterocycles. The highest BCUT2D eigenvalue weighted by molar-refractivity contribution is 7.70. The van der Waals surface area contributed by atoms with Gasteiger partial charge in [-0.1, -0.05) is 209 Å². The average molecular weight is 851 g/mol. The standard InChI is InChI=1S/C63H63P/c1-9-12-25-59-53(11-3)58-24-18-19-26-60(58)63(59)61(45(8)56-38-36-52(41-62(56)63)64(50-20-14-13-15-21-50)51-34-27-43(6)28-35-51)40-46(10-2)47-29-31-48(32-30-47)49-33-37-55(44(7)39-49)57-23-17-16-22-54(57)42(4)5/h11,13-27,29-40,43,52H,4,9-10,12,28,41H2,1-3,5-8H3/b46-40+,53-11-,59-25+. The van der Waals surface area contributed by atoms with E-state index >= 15 is 0 Å². The van der Waals surface area contributed by atoms with Gasteiger partial charge in [-0.2, -0.15) is 0 Å². The number of benzene rings is 5. The van der Waals surface area contributed by atoms with E-state index in [2.05, 4.69) is 225 Å². The Morgan fingerprint density at radius 1 is 0.797 bits per heavy atom. The lowest BCUT2D eigenvalue weighted by molar-refractivity contribution is 0.701. The van der Waals surface area contributed by atoms with E-state index in [9.17, 15) is 0 Å². The molecule has 0 saturated carbocycles. The van der Waals surface area contributed by atoms with Crippen LogP contribution in [0.25, 0.3) is 39.0 Å². The number of hydrogen-bond acceptors (Lipinski definition) is 0. The molecule has 0 nitrogen and oxygen atoms in total. The van der Waals surface area contributed by atoms with Gasteiger partial charge in [0.05, 0.1) is 5.41 Å². The number of hydrogen-bond donors (Lipinski definition) is 0. The monoisotopic (exact) mass is 850 g/mol. The Bertz CT molecular complexity index is 2880. The zero-order valence-electron chi connectivity index (χ0n) is 39.0. The zero-order valence-corrected chi connectivity index (χ0v) is 39.9. The van der Waals surface area contributed by atoms with Crippen LogP contribution in [0.5, 0.6) is 0 Å². The Labute approximate surface area is 385 Å². The second-order valence-corrected chi connectivity index (χ2v) is 20.8. The molecule has 9 rings (SSSR count). The van der Waals surface area contributed by atoms with Crippen LogP contribution in [0.1, 0.15) is 101 Å². The third-order valence-corrected chi connectivity index (χ3v) is 17.0. The van der Waals surface area contributed by atoms with Crippen molar-refractivity contribution < 1.29 is 0 Å². The van der Waals surface area contributed by atoms with Crippen LogP contribution in [0.15, 0.2) is 210 Å². The first-order valence-electron chi connectivity index (χ1n) is 23.7. The zero-order chi connectivity index (χ0) is 44.5. The molecule has 64 heavy (non-hydrogen) atoms. The SMILES string of the molecule is C=C(C)c1ccccc1-c1ccc(-c2ccc(/C(=C/C3=C(C)C4=C(CC(P(C5=CCC(C)C=C5)c5ccccc5)C=C4)C34C(=C/CCC)/C(=C\C)c3ccccc34)CC)cc2)cc1C. The molecule has 0 heterocycles. The van der Waals surface area contributed by atoms with E-state index in [-0.39, 0.29) is 5.41 Å². The molecule has 5 aromatic rings. The van der Waals surface area contributed by atoms with Crippen molar-refractivity contribution in [2.45, 2.75) is 91.6 Å². The summed E-state index contributed by atoms with van der Waals surface area (Å²) in [6.45, 7) is 20.2. The highest BCUT2D eigenvalue weighted by atomic mass is 31.1. The molecule has 0 bridgehead atoms. The fraction of sp³-hybridized carbons (Fsp3) is 0.238. The van der Waals surface area contributed by atoms with Gasteiger partial charge in [0.15, 0.2) is 0 Å². The molecular weight excluding hydrogens is 788 g/mol. The summed E-state index contributed by atoms with van der Waals surface area (Å²) < 4.78 is 0. The molecule has 4 atom stereocenters. The summed E-state index contributed by atoms with van der Waals surface area (Å²) in [7, 11) is -0.618. The number of rotatable bonds is 11. The van der Waals surface area contributed by atoms with Crippen LogP contribution in [0.4, 0.5) is 0 Å². The first kappa shape index (κ1) is 43.4. The molecule has 4 aliphatic rings. The number of aryl methyl sites for hydroxylation is 1. The van der Waals surface area contributed by atoms with E-state index in [0.717, 1.165) is 37.7 Å². The minimum atomic E-state index is -0.618. The Kier molecular flexibility index (Phi) is 12.5. The van der Waals surface area contributed by atoms with Crippen LogP contribution < -0.4 is 5.30 Å². The highest BCUT2D eigenvalue weighted by Gasteiger charge is 2.55. The fourth-order valence-corrected chi connectivity index (χ4v) is 13.8. The quantitative estimate of drug-likeness (QED) is 0.116. The lowest BCUT2D eigenvalue weighted by Crippen LogP contribution is -2.31. The molecule has 0 aliphatic heterocycles. The third kappa shape index (κ3) is 7.59. The van der Waals surface area contributed by atoms with Crippen molar-refractivity contribution in [1.82, 2.24) is 0 Å². The number of allylic oxidation sites excluding steroid dienone is 17. The summed E-state index contributed by atoms with van der Waals surface area (Å²) in [6.07, 6.45) is 25.4. The van der Waals surface area contributed by atoms with E-state index in [0.29, 0.717) is 11.6 Å². The lowest BCUT2D eigenvalue weighted by Gasteiger charge is -2.39. The van der Waals surface area contributed by atoms with Crippen molar-refractivity contribution in [1.29, 1.82) is 0 Å². The summed E-state index contributed by atoms with van der Waals surface area (Å²) in [5.41, 5.74) is 22.8. The average Bonchev–Trinajstić information content (AvgIpc) is 3.74. The van der Waals surface area contributed by atoms with Gasteiger partial charge in [0, 0.05) is 5.66 Å². The van der Waals surface area contributed by atoms with Crippen molar-refractivity contribution in [3.63, 3.8) is 0 Å². The predicted molar refractivity (Wildman–Crippen MR) is 281 cm³/mol. The number of unbranched alkanes of at least 4 members (excludes halogenated alkanes) is 1. The van der Waals surface area contributed by atoms with Gasteiger partial charge < -0.3 is 0 Å². The van der Waals surface area contributed by atoms with E-state index in [1.165, 1.54) is 94.1 Å². The maximum Gasteiger partial charge on any atom is 0.0682 e. The van der Waals surface area contributed by atoms with E-state index in [1.807, 2.05) is 0 Å². The minimum absolute atomic E-state index is 0.360. The summed E-state index contributed by atoms with van der Waals surface area (Å²) in [6, 6.07) is 45.7. The van der Waals surface area contributed by atoms with Crippen LogP contribution in [-0.2, 0) is 5.41 Å². The largest absolute Gasteiger partial charge is 0.0955 e. The molecule has 5 aromatic carbocycles. The van der Waals surface area contributed by atoms with E-state index < -0.39 is 7.92 Å². The van der Waals surface area contributed by atoms with Gasteiger partial charge in [-0.3, -0.25) is 0 Å². The van der Waals surface area contributed by atoms with Crippen LogP contribution in [-0.4, -0.2) is 5.66 Å². The van der Waals surface area contributed by atoms with Crippen molar-refractivity contribution in [3.8, 4) is 22.3 Å². The molecule has 4 unspecified atom stereocenters. The molecule has 0 amide bonds. The van der Waals surface area contributed by atoms with Gasteiger partial charge in [-0.05, 0) is 167 Å². The lowest BCUT2D eigenvalue weighted by atomic mass is 9.66. The molecule has 0 N–H and O–H groups in total. The first-order chi connectivity index (χ1) is 31.2. The van der Waals surface area contributed by atoms with E-state index in [1.54, 1.807) is 5.57 Å². The molecule has 1 heteroatoms. The van der Waals surface area contributed by atoms with Gasteiger partial charge >= 0.3 is 0 Å². The van der Waals surface area contributed by atoms with Crippen molar-refractivity contribution in [3.05, 3.63) is 238 Å². The maximum absolute atomic E-state index is 4.26. The van der Waals surface area contributed by atoms with Gasteiger partial charge in [-0.15, -0.1) is 0 Å². The predicted octanol–water partition coefficient (Wildman–Crippen LogP) is 17.5. The van der Waals surface area contributed by atoms with Gasteiger partial charge in [0.25, 0.3) is 0 Å². The summed E-state index contributed by atoms with van der Waals surface area (Å²) in [4.78, 5) is 0. The minimum Gasteiger partial charge on any atom is -0.0955 e. The van der Waals surface area contributed by atoms with Crippen molar-refractivity contribution in [2.24, 2.45) is 5.92 Å². The molecule has 1 spiro atoms. The summed E-state index contributed by atoms with van der Waals surface area (Å²) in [5, 5.41) is 2.99. The van der Waals surface area contributed by atoms with E-state index in [4.69, 9.17) is 0 Å². The van der Waals surface area contributed by atoms with Crippen molar-refractivity contribution >= 4 is 29.9 Å². The smallest absolute Gasteiger partial charge is 0.0682 e. The van der Waals surface area contributed by atoms with Crippen LogP contribution in [0.3, 0.4) is 0 Å². The highest BCUT2D eigenvalue weighted by Crippen LogP contribution is 2.66. The molecule has 0 radical (unpaired) electrons. The fourth-order valence-electron chi connectivity index (χ4n) is 11.1. The van der Waals surface area contributed by atoms with Crippen LogP contribution in [0, 0.1) is 12.8 Å². The van der Waals surface area contributed by atoms with Gasteiger partial charge in [0.2, 0.25) is 0 Å². The summed E-state index contributed by atoms with van der Waals surface area (Å²) in [5.74, 6) is 0.586. The Morgan fingerprint density at radius 2 is 1.52 bits per heavy atom. The molecule has 320 valence electrons. The van der Waals surface area contributed by atoms with Gasteiger partial charge in [0.1, 0.15) is 0 Å². The second-order valence-electron chi connectivity index (χ2n) is 18.3.